The molecular formula is C36H48FNO2S. The molecule has 0 N–H and O–H groups in total. The fraction of sp³-hybridized carbons (Fsp3) is 0.500. The van der Waals surface area contributed by atoms with Gasteiger partial charge in [0.2, 0.25) is 0 Å². The van der Waals surface area contributed by atoms with E-state index in [1.807, 2.05) is 33.8 Å². The molecule has 2 heterocycles. The topological polar surface area (TPSA) is 21.7 Å². The highest BCUT2D eigenvalue weighted by Crippen LogP contribution is 2.49. The van der Waals surface area contributed by atoms with Crippen LogP contribution in [-0.4, -0.2) is 18.6 Å². The van der Waals surface area contributed by atoms with E-state index in [9.17, 15) is 4.39 Å². The van der Waals surface area contributed by atoms with Crippen molar-refractivity contribution < 1.29 is 13.3 Å². The van der Waals surface area contributed by atoms with Gasteiger partial charge in [-0.1, -0.05) is 73.6 Å². The average molecular weight is 578 g/mol. The van der Waals surface area contributed by atoms with E-state index < -0.39 is 0 Å². The summed E-state index contributed by atoms with van der Waals surface area (Å²) in [6.07, 6.45) is 4.53. The van der Waals surface area contributed by atoms with Crippen molar-refractivity contribution in [3.05, 3.63) is 87.7 Å². The summed E-state index contributed by atoms with van der Waals surface area (Å²) in [6, 6.07) is 16.2. The Morgan fingerprint density at radius 3 is 2.15 bits per heavy atom. The molecule has 0 saturated carbocycles. The lowest BCUT2D eigenvalue weighted by atomic mass is 9.62. The summed E-state index contributed by atoms with van der Waals surface area (Å²) < 4.78 is 25.4. The third-order valence-corrected chi connectivity index (χ3v) is 9.59. The monoisotopic (exact) mass is 577 g/mol. The number of ether oxygens (including phenoxy) is 1. The van der Waals surface area contributed by atoms with Crippen molar-refractivity contribution in [2.45, 2.75) is 109 Å². The van der Waals surface area contributed by atoms with Crippen LogP contribution in [0.5, 0.6) is 11.5 Å². The van der Waals surface area contributed by atoms with Gasteiger partial charge in [0.1, 0.15) is 5.82 Å². The second-order valence-electron chi connectivity index (χ2n) is 12.2. The Morgan fingerprint density at radius 2 is 1.49 bits per heavy atom. The van der Waals surface area contributed by atoms with Crippen molar-refractivity contribution in [3.63, 3.8) is 0 Å². The van der Waals surface area contributed by atoms with Crippen LogP contribution in [0.4, 0.5) is 4.39 Å². The fourth-order valence-corrected chi connectivity index (χ4v) is 7.10. The molecule has 5 heteroatoms. The van der Waals surface area contributed by atoms with Gasteiger partial charge in [0.15, 0.2) is 11.5 Å². The summed E-state index contributed by atoms with van der Waals surface area (Å²) in [5.74, 6) is 1.14. The second-order valence-corrected chi connectivity index (χ2v) is 13.0. The van der Waals surface area contributed by atoms with Crippen molar-refractivity contribution in [2.75, 3.05) is 13.7 Å². The number of methoxy groups -OCH3 is 1. The normalized spacial score (nSPS) is 19.5. The van der Waals surface area contributed by atoms with Gasteiger partial charge in [-0.3, -0.25) is 4.90 Å². The van der Waals surface area contributed by atoms with E-state index in [-0.39, 0.29) is 16.6 Å². The summed E-state index contributed by atoms with van der Waals surface area (Å²) in [7, 11) is 1.68. The maximum absolute atomic E-state index is 13.6. The zero-order chi connectivity index (χ0) is 29.9. The van der Waals surface area contributed by atoms with Crippen LogP contribution >= 0.6 is 12.0 Å². The zero-order valence-corrected chi connectivity index (χ0v) is 27.3. The molecule has 0 amide bonds. The highest BCUT2D eigenvalue weighted by atomic mass is 32.2. The fourth-order valence-electron chi connectivity index (χ4n) is 6.49. The van der Waals surface area contributed by atoms with E-state index >= 15 is 0 Å². The summed E-state index contributed by atoms with van der Waals surface area (Å²) in [4.78, 5) is 3.36. The van der Waals surface area contributed by atoms with Gasteiger partial charge in [0, 0.05) is 19.1 Å². The molecule has 3 nitrogen and oxygen atoms in total. The summed E-state index contributed by atoms with van der Waals surface area (Å²) in [5.41, 5.74) is 9.19. The first-order valence-electron chi connectivity index (χ1n) is 15.4. The van der Waals surface area contributed by atoms with Crippen molar-refractivity contribution >= 4 is 12.0 Å². The van der Waals surface area contributed by atoms with Crippen LogP contribution in [0.1, 0.15) is 108 Å². The molecule has 0 radical (unpaired) electrons. The van der Waals surface area contributed by atoms with Crippen LogP contribution in [0, 0.1) is 5.82 Å². The van der Waals surface area contributed by atoms with Crippen molar-refractivity contribution in [1.29, 1.82) is 0 Å². The molecule has 222 valence electrons. The van der Waals surface area contributed by atoms with Crippen molar-refractivity contribution in [3.8, 4) is 11.5 Å². The number of nitrogens with zero attached hydrogens (tertiary/aromatic N) is 1. The van der Waals surface area contributed by atoms with Crippen LogP contribution in [0.15, 0.2) is 53.4 Å². The molecule has 0 spiro atoms. The lowest BCUT2D eigenvalue weighted by molar-refractivity contribution is 0.160. The zero-order valence-electron chi connectivity index (χ0n) is 26.5. The van der Waals surface area contributed by atoms with Crippen LogP contribution in [-0.2, 0) is 30.2 Å². The van der Waals surface area contributed by atoms with E-state index in [0.29, 0.717) is 11.8 Å². The summed E-state index contributed by atoms with van der Waals surface area (Å²) >= 11 is 1.16. The van der Waals surface area contributed by atoms with Gasteiger partial charge in [-0.2, -0.15) is 0 Å². The highest BCUT2D eigenvalue weighted by molar-refractivity contribution is 7.95. The van der Waals surface area contributed by atoms with Crippen molar-refractivity contribution in [2.24, 2.45) is 0 Å². The third kappa shape index (κ3) is 6.32. The minimum atomic E-state index is -0.268. The summed E-state index contributed by atoms with van der Waals surface area (Å²) in [5, 5.41) is 0. The molecule has 1 atom stereocenters. The lowest BCUT2D eigenvalue weighted by Gasteiger charge is -2.46. The third-order valence-electron chi connectivity index (χ3n) is 8.88. The Kier molecular flexibility index (Phi) is 9.81. The Balaban J connectivity index is 0.000000929. The molecule has 0 fully saturated rings. The van der Waals surface area contributed by atoms with E-state index in [4.69, 9.17) is 8.92 Å². The standard InChI is InChI=1S/C32H36FNO2S.2C2H6/c1-31(2)10-11-32(3,4)27-18-25-20(13-26(27)31)9-12-34-19-22-16-29(35-5)30(15-21(22)14-28(25)34)36-37-24-8-6-7-23(33)17-24;2*1-2/h6-8,13,15-18,28H,9-12,14,19H2,1-5H3;2*1-2H3. The highest BCUT2D eigenvalue weighted by Gasteiger charge is 2.40. The predicted octanol–water partition coefficient (Wildman–Crippen LogP) is 9.98. The largest absolute Gasteiger partial charge is 0.493 e. The molecule has 3 aromatic rings. The smallest absolute Gasteiger partial charge is 0.179 e. The number of hydrogen-bond acceptors (Lipinski definition) is 4. The van der Waals surface area contributed by atoms with E-state index in [2.05, 4.69) is 56.9 Å². The molecule has 0 aromatic heterocycles. The van der Waals surface area contributed by atoms with E-state index in [0.717, 1.165) is 48.6 Å². The number of halogens is 1. The quantitative estimate of drug-likeness (QED) is 0.288. The van der Waals surface area contributed by atoms with E-state index in [1.54, 1.807) is 24.3 Å². The maximum Gasteiger partial charge on any atom is 0.179 e. The molecule has 1 unspecified atom stereocenters. The van der Waals surface area contributed by atoms with Gasteiger partial charge in [-0.15, -0.1) is 0 Å². The molecule has 6 rings (SSSR count). The molecular weight excluding hydrogens is 529 g/mol. The van der Waals surface area contributed by atoms with Gasteiger partial charge >= 0.3 is 0 Å². The van der Waals surface area contributed by atoms with Crippen LogP contribution in [0.2, 0.25) is 0 Å². The first-order chi connectivity index (χ1) is 19.6. The molecule has 3 aliphatic rings. The van der Waals surface area contributed by atoms with Crippen molar-refractivity contribution in [1.82, 2.24) is 4.90 Å². The van der Waals surface area contributed by atoms with Gasteiger partial charge in [0.25, 0.3) is 0 Å². The Hall–Kier alpha value is -2.50. The molecule has 0 bridgehead atoms. The molecule has 0 saturated heterocycles. The van der Waals surface area contributed by atoms with Crippen LogP contribution < -0.4 is 8.92 Å². The Morgan fingerprint density at radius 1 is 0.829 bits per heavy atom. The van der Waals surface area contributed by atoms with Gasteiger partial charge < -0.3 is 8.92 Å². The SMILES string of the molecule is CC.CC.COc1cc2c(cc1OSc1cccc(F)c1)CC1c3cc4c(cc3CCN1C2)C(C)(C)CCC4(C)C. The molecule has 2 aliphatic heterocycles. The van der Waals surface area contributed by atoms with Gasteiger partial charge in [-0.05, 0) is 100 Å². The molecule has 41 heavy (non-hydrogen) atoms. The number of hydrogen-bond donors (Lipinski definition) is 0. The van der Waals surface area contributed by atoms with Crippen LogP contribution in [0.25, 0.3) is 0 Å². The van der Waals surface area contributed by atoms with Gasteiger partial charge in [-0.25, -0.2) is 4.39 Å². The van der Waals surface area contributed by atoms with E-state index in [1.165, 1.54) is 47.2 Å². The predicted molar refractivity (Wildman–Crippen MR) is 171 cm³/mol. The molecule has 3 aromatic carbocycles. The Labute approximate surface area is 252 Å². The second kappa shape index (κ2) is 12.8. The number of benzene rings is 3. The lowest BCUT2D eigenvalue weighted by Crippen LogP contribution is -2.41. The first kappa shape index (κ1) is 31.4. The first-order valence-corrected chi connectivity index (χ1v) is 16.1. The average Bonchev–Trinajstić information content (AvgIpc) is 2.98. The number of rotatable bonds is 4. The Bertz CT molecular complexity index is 1370. The van der Waals surface area contributed by atoms with Crippen LogP contribution in [0.3, 0.4) is 0 Å². The number of fused-ring (bicyclic) bond motifs is 5. The molecule has 1 aliphatic carbocycles. The minimum Gasteiger partial charge on any atom is -0.493 e. The van der Waals surface area contributed by atoms with Gasteiger partial charge in [0.05, 0.1) is 24.0 Å². The maximum atomic E-state index is 13.6. The minimum absolute atomic E-state index is 0.206. The summed E-state index contributed by atoms with van der Waals surface area (Å²) in [6.45, 7) is 19.6.